The summed E-state index contributed by atoms with van der Waals surface area (Å²) in [7, 11) is -4.02. The van der Waals surface area contributed by atoms with E-state index in [4.69, 9.17) is 9.66 Å². The Labute approximate surface area is 94.4 Å². The number of aliphatic hydroxyl groups excluding tert-OH is 1. The first-order valence-corrected chi connectivity index (χ1v) is 5.82. The van der Waals surface area contributed by atoms with Gasteiger partial charge in [0.25, 0.3) is 10.1 Å². The second-order valence-electron chi connectivity index (χ2n) is 2.88. The zero-order valence-corrected chi connectivity index (χ0v) is 9.64. The Balaban J connectivity index is 0.000000385. The number of hydrogen-bond donors (Lipinski definition) is 3. The maximum Gasteiger partial charge on any atom is 0.294 e. The smallest absolute Gasteiger partial charge is 0.294 e. The van der Waals surface area contributed by atoms with Crippen molar-refractivity contribution in [2.45, 2.75) is 11.8 Å². The van der Waals surface area contributed by atoms with Gasteiger partial charge in [-0.15, -0.1) is 0 Å². The summed E-state index contributed by atoms with van der Waals surface area (Å²) >= 11 is 0. The van der Waals surface area contributed by atoms with Crippen molar-refractivity contribution in [3.05, 3.63) is 29.8 Å². The van der Waals surface area contributed by atoms with Gasteiger partial charge in [0, 0.05) is 0 Å². The van der Waals surface area contributed by atoms with E-state index < -0.39 is 10.1 Å². The topological polar surface area (TPSA) is 110 Å². The summed E-state index contributed by atoms with van der Waals surface area (Å²) in [4.78, 5) is 3.87. The van der Waals surface area contributed by atoms with Gasteiger partial charge in [-0.2, -0.15) is 8.42 Å². The summed E-state index contributed by atoms with van der Waals surface area (Å²) < 4.78 is 29.6. The van der Waals surface area contributed by atoms with E-state index in [9.17, 15) is 8.42 Å². The molecule has 16 heavy (non-hydrogen) atoms. The summed E-state index contributed by atoms with van der Waals surface area (Å²) in [5.41, 5.74) is 0.956. The Morgan fingerprint density at radius 3 is 2.06 bits per heavy atom. The van der Waals surface area contributed by atoms with Crippen LogP contribution in [-0.2, 0) is 15.0 Å². The molecule has 0 atom stereocenters. The zero-order chi connectivity index (χ0) is 12.6. The van der Waals surface area contributed by atoms with Gasteiger partial charge >= 0.3 is 0 Å². The fourth-order valence-corrected chi connectivity index (χ4v) is 1.24. The van der Waals surface area contributed by atoms with Crippen LogP contribution < -0.4 is 5.90 Å². The van der Waals surface area contributed by atoms with Crippen LogP contribution in [0.2, 0.25) is 0 Å². The van der Waals surface area contributed by atoms with Gasteiger partial charge in [-0.25, -0.2) is 5.90 Å². The van der Waals surface area contributed by atoms with Crippen molar-refractivity contribution in [1.82, 2.24) is 0 Å². The number of hydrogen-bond acceptors (Lipinski definition) is 5. The van der Waals surface area contributed by atoms with Gasteiger partial charge in [-0.05, 0) is 19.1 Å². The highest BCUT2D eigenvalue weighted by Crippen LogP contribution is 2.08. The zero-order valence-electron chi connectivity index (χ0n) is 8.83. The molecule has 0 fully saturated rings. The van der Waals surface area contributed by atoms with Crippen LogP contribution in [0, 0.1) is 6.92 Å². The molecular formula is C9H15NO5S. The van der Waals surface area contributed by atoms with Crippen molar-refractivity contribution in [3.63, 3.8) is 0 Å². The van der Waals surface area contributed by atoms with E-state index in [1.807, 2.05) is 6.92 Å². The Kier molecular flexibility index (Phi) is 6.86. The third-order valence-electron chi connectivity index (χ3n) is 1.53. The molecule has 0 bridgehead atoms. The second kappa shape index (κ2) is 7.31. The highest BCUT2D eigenvalue weighted by molar-refractivity contribution is 7.85. The van der Waals surface area contributed by atoms with Gasteiger partial charge in [0.2, 0.25) is 0 Å². The second-order valence-corrected chi connectivity index (χ2v) is 4.30. The molecule has 0 unspecified atom stereocenters. The van der Waals surface area contributed by atoms with Crippen LogP contribution in [0.3, 0.4) is 0 Å². The molecule has 92 valence electrons. The highest BCUT2D eigenvalue weighted by Gasteiger charge is 2.06. The molecule has 7 heteroatoms. The fourth-order valence-electron chi connectivity index (χ4n) is 0.763. The predicted octanol–water partition coefficient (Wildman–Crippen LogP) is 0.111. The number of nitrogens with two attached hydrogens (primary N) is 1. The van der Waals surface area contributed by atoms with Crippen LogP contribution in [0.15, 0.2) is 29.2 Å². The normalized spacial score (nSPS) is 10.5. The summed E-state index contributed by atoms with van der Waals surface area (Å²) in [6, 6.07) is 5.99. The third-order valence-corrected chi connectivity index (χ3v) is 2.40. The van der Waals surface area contributed by atoms with E-state index >= 15 is 0 Å². The van der Waals surface area contributed by atoms with E-state index in [2.05, 4.69) is 10.7 Å². The van der Waals surface area contributed by atoms with Crippen LogP contribution in [-0.4, -0.2) is 31.3 Å². The Bertz CT molecular complexity index is 385. The van der Waals surface area contributed by atoms with E-state index in [1.54, 1.807) is 12.1 Å². The van der Waals surface area contributed by atoms with Crippen LogP contribution in [0.25, 0.3) is 0 Å². The average Bonchev–Trinajstić information content (AvgIpc) is 2.19. The lowest BCUT2D eigenvalue weighted by molar-refractivity contribution is 0.0938. The quantitative estimate of drug-likeness (QED) is 0.518. The highest BCUT2D eigenvalue weighted by atomic mass is 32.2. The largest absolute Gasteiger partial charge is 0.394 e. The van der Waals surface area contributed by atoms with Gasteiger partial charge in [0.15, 0.2) is 0 Å². The predicted molar refractivity (Wildman–Crippen MR) is 58.2 cm³/mol. The van der Waals surface area contributed by atoms with Crippen molar-refractivity contribution in [1.29, 1.82) is 0 Å². The molecule has 0 radical (unpaired) electrons. The molecule has 0 aromatic heterocycles. The standard InChI is InChI=1S/C7H8O3S.C2H7NO2/c1-6-2-4-7(5-3-6)11(8,9)10;3-5-2-1-4/h2-5H,1H3,(H,8,9,10);4H,1-3H2. The molecule has 0 amide bonds. The lowest BCUT2D eigenvalue weighted by atomic mass is 10.2. The van der Waals surface area contributed by atoms with Gasteiger partial charge in [0.1, 0.15) is 0 Å². The van der Waals surface area contributed by atoms with Crippen LogP contribution >= 0.6 is 0 Å². The molecule has 1 rings (SSSR count). The molecule has 0 heterocycles. The van der Waals surface area contributed by atoms with E-state index in [1.165, 1.54) is 12.1 Å². The van der Waals surface area contributed by atoms with Crippen LogP contribution in [0.1, 0.15) is 5.56 Å². The molecule has 0 aliphatic carbocycles. The molecule has 0 saturated carbocycles. The van der Waals surface area contributed by atoms with Crippen LogP contribution in [0.4, 0.5) is 0 Å². The lowest BCUT2D eigenvalue weighted by Crippen LogP contribution is -2.03. The molecule has 1 aromatic rings. The summed E-state index contributed by atoms with van der Waals surface area (Å²) in [6.07, 6.45) is 0. The molecule has 0 saturated heterocycles. The average molecular weight is 249 g/mol. The Hall–Kier alpha value is -0.990. The number of benzene rings is 1. The molecular weight excluding hydrogens is 234 g/mol. The van der Waals surface area contributed by atoms with E-state index in [0.29, 0.717) is 0 Å². The minimum atomic E-state index is -4.02. The minimum Gasteiger partial charge on any atom is -0.394 e. The third kappa shape index (κ3) is 6.49. The summed E-state index contributed by atoms with van der Waals surface area (Å²) in [6.45, 7) is 2.06. The summed E-state index contributed by atoms with van der Waals surface area (Å²) in [5, 5.41) is 7.86. The number of aryl methyl sites for hydroxylation is 1. The maximum absolute atomic E-state index is 10.5. The Morgan fingerprint density at radius 2 is 1.81 bits per heavy atom. The number of aliphatic hydroxyl groups is 1. The monoisotopic (exact) mass is 249 g/mol. The van der Waals surface area contributed by atoms with E-state index in [-0.39, 0.29) is 18.1 Å². The van der Waals surface area contributed by atoms with Crippen molar-refractivity contribution >= 4 is 10.1 Å². The van der Waals surface area contributed by atoms with Crippen LogP contribution in [0.5, 0.6) is 0 Å². The van der Waals surface area contributed by atoms with Gasteiger partial charge < -0.3 is 9.94 Å². The molecule has 6 nitrogen and oxygen atoms in total. The first kappa shape index (κ1) is 15.0. The first-order valence-electron chi connectivity index (χ1n) is 4.38. The number of rotatable bonds is 3. The fraction of sp³-hybridized carbons (Fsp3) is 0.333. The van der Waals surface area contributed by atoms with Crippen molar-refractivity contribution in [3.8, 4) is 0 Å². The van der Waals surface area contributed by atoms with Crippen molar-refractivity contribution in [2.75, 3.05) is 13.2 Å². The molecule has 0 aliphatic rings. The molecule has 0 aliphatic heterocycles. The molecule has 1 aromatic carbocycles. The van der Waals surface area contributed by atoms with Gasteiger partial charge in [0.05, 0.1) is 18.1 Å². The summed E-state index contributed by atoms with van der Waals surface area (Å²) in [5.74, 6) is 4.48. The van der Waals surface area contributed by atoms with Crippen molar-refractivity contribution < 1.29 is 22.9 Å². The SMILES string of the molecule is Cc1ccc(S(=O)(=O)O)cc1.NOCCO. The molecule has 0 spiro atoms. The lowest BCUT2D eigenvalue weighted by Gasteiger charge is -1.95. The minimum absolute atomic E-state index is 0.00347. The maximum atomic E-state index is 10.5. The van der Waals surface area contributed by atoms with E-state index in [0.717, 1.165) is 5.56 Å². The first-order chi connectivity index (χ1) is 7.41. The van der Waals surface area contributed by atoms with Gasteiger partial charge in [-0.1, -0.05) is 17.7 Å². The molecule has 4 N–H and O–H groups in total. The van der Waals surface area contributed by atoms with Crippen molar-refractivity contribution in [2.24, 2.45) is 5.90 Å². The van der Waals surface area contributed by atoms with Gasteiger partial charge in [-0.3, -0.25) is 4.55 Å². The Morgan fingerprint density at radius 1 is 1.31 bits per heavy atom.